The third-order valence-electron chi connectivity index (χ3n) is 2.69. The van der Waals surface area contributed by atoms with E-state index in [9.17, 15) is 4.79 Å². The number of hydrogen-bond donors (Lipinski definition) is 1. The molecule has 0 spiro atoms. The largest absolute Gasteiger partial charge is 0.380 e. The molecule has 20 heavy (non-hydrogen) atoms. The predicted octanol–water partition coefficient (Wildman–Crippen LogP) is 4.50. The number of halogens is 2. The molecule has 0 aromatic heterocycles. The number of hydrogen-bond acceptors (Lipinski definition) is 2. The van der Waals surface area contributed by atoms with E-state index in [2.05, 4.69) is 21.2 Å². The zero-order valence-electron chi connectivity index (χ0n) is 10.8. The first-order valence-corrected chi connectivity index (χ1v) is 7.12. The summed E-state index contributed by atoms with van der Waals surface area (Å²) in [6.45, 7) is 0.501. The van der Waals surface area contributed by atoms with Crippen molar-refractivity contribution in [2.24, 2.45) is 0 Å². The van der Waals surface area contributed by atoms with Crippen molar-refractivity contribution >= 4 is 39.1 Å². The van der Waals surface area contributed by atoms with Crippen LogP contribution in [0.25, 0.3) is 0 Å². The molecule has 2 aromatic rings. The van der Waals surface area contributed by atoms with E-state index in [1.165, 1.54) is 0 Å². The van der Waals surface area contributed by atoms with Gasteiger partial charge in [0.25, 0.3) is 5.91 Å². The number of nitrogens with one attached hydrogen (secondary N) is 1. The maximum atomic E-state index is 12.2. The van der Waals surface area contributed by atoms with Gasteiger partial charge in [0.2, 0.25) is 0 Å². The van der Waals surface area contributed by atoms with Crippen molar-refractivity contribution in [3.8, 4) is 0 Å². The molecule has 0 aliphatic heterocycles. The molecule has 0 saturated carbocycles. The van der Waals surface area contributed by atoms with Crippen LogP contribution in [0.5, 0.6) is 0 Å². The van der Waals surface area contributed by atoms with E-state index in [1.807, 2.05) is 24.3 Å². The Hall–Kier alpha value is -1.36. The molecule has 0 fully saturated rings. The van der Waals surface area contributed by atoms with E-state index in [0.29, 0.717) is 27.4 Å². The quantitative estimate of drug-likeness (QED) is 0.878. The summed E-state index contributed by atoms with van der Waals surface area (Å²) in [6, 6.07) is 12.7. The Kier molecular flexibility index (Phi) is 5.17. The van der Waals surface area contributed by atoms with Crippen molar-refractivity contribution in [3.05, 3.63) is 63.1 Å². The lowest BCUT2D eigenvalue weighted by molar-refractivity contribution is 0.102. The summed E-state index contributed by atoms with van der Waals surface area (Å²) >= 11 is 9.41. The number of carbonyl (C=O) groups excluding carboxylic acids is 1. The van der Waals surface area contributed by atoms with E-state index in [-0.39, 0.29) is 5.91 Å². The highest BCUT2D eigenvalue weighted by atomic mass is 79.9. The van der Waals surface area contributed by atoms with Crippen molar-refractivity contribution in [2.45, 2.75) is 6.61 Å². The van der Waals surface area contributed by atoms with E-state index in [1.54, 1.807) is 25.3 Å². The minimum absolute atomic E-state index is 0.245. The summed E-state index contributed by atoms with van der Waals surface area (Å²) in [4.78, 5) is 12.2. The van der Waals surface area contributed by atoms with Crippen LogP contribution < -0.4 is 5.32 Å². The molecule has 2 aromatic carbocycles. The van der Waals surface area contributed by atoms with Gasteiger partial charge in [-0.25, -0.2) is 0 Å². The van der Waals surface area contributed by atoms with Crippen LogP contribution in [0.4, 0.5) is 5.69 Å². The lowest BCUT2D eigenvalue weighted by Crippen LogP contribution is -2.12. The second-order valence-electron chi connectivity index (χ2n) is 4.19. The first-order chi connectivity index (χ1) is 9.61. The van der Waals surface area contributed by atoms with E-state index >= 15 is 0 Å². The van der Waals surface area contributed by atoms with Gasteiger partial charge in [0.15, 0.2) is 0 Å². The number of ether oxygens (including phenoxy) is 1. The Labute approximate surface area is 131 Å². The highest BCUT2D eigenvalue weighted by Crippen LogP contribution is 2.26. The van der Waals surface area contributed by atoms with Gasteiger partial charge in [-0.2, -0.15) is 0 Å². The summed E-state index contributed by atoms with van der Waals surface area (Å²) in [7, 11) is 1.63. The second-order valence-corrected chi connectivity index (χ2v) is 5.42. The van der Waals surface area contributed by atoms with Gasteiger partial charge in [-0.1, -0.05) is 29.8 Å². The molecule has 0 atom stereocenters. The number of rotatable bonds is 4. The van der Waals surface area contributed by atoms with Crippen molar-refractivity contribution < 1.29 is 9.53 Å². The molecule has 104 valence electrons. The molecule has 1 N–H and O–H groups in total. The van der Waals surface area contributed by atoms with Crippen LogP contribution >= 0.6 is 27.5 Å². The first-order valence-electron chi connectivity index (χ1n) is 5.95. The van der Waals surface area contributed by atoms with E-state index in [0.717, 1.165) is 5.56 Å². The maximum Gasteiger partial charge on any atom is 0.257 e. The third-order valence-corrected chi connectivity index (χ3v) is 3.99. The minimum atomic E-state index is -0.245. The van der Waals surface area contributed by atoms with Crippen molar-refractivity contribution in [3.63, 3.8) is 0 Å². The monoisotopic (exact) mass is 353 g/mol. The molecule has 0 aliphatic rings. The highest BCUT2D eigenvalue weighted by molar-refractivity contribution is 9.10. The fourth-order valence-electron chi connectivity index (χ4n) is 1.78. The van der Waals surface area contributed by atoms with Crippen LogP contribution in [0.2, 0.25) is 5.02 Å². The van der Waals surface area contributed by atoms with Gasteiger partial charge in [-0.3, -0.25) is 4.79 Å². The molecule has 0 aliphatic carbocycles. The normalized spacial score (nSPS) is 10.3. The fourth-order valence-corrected chi connectivity index (χ4v) is 2.36. The summed E-state index contributed by atoms with van der Waals surface area (Å²) in [6.07, 6.45) is 0. The van der Waals surface area contributed by atoms with Crippen LogP contribution in [-0.2, 0) is 11.3 Å². The number of anilines is 1. The smallest absolute Gasteiger partial charge is 0.257 e. The Morgan fingerprint density at radius 1 is 1.30 bits per heavy atom. The molecular formula is C15H13BrClNO2. The zero-order valence-corrected chi connectivity index (χ0v) is 13.2. The average molecular weight is 355 g/mol. The van der Waals surface area contributed by atoms with Gasteiger partial charge >= 0.3 is 0 Å². The standard InChI is InChI=1S/C15H13BrClNO2/c1-20-9-10-4-2-5-11(8-10)18-15(19)12-6-3-7-13(16)14(12)17/h2-8H,9H2,1H3,(H,18,19). The first kappa shape index (κ1) is 15.0. The predicted molar refractivity (Wildman–Crippen MR) is 84.3 cm³/mol. The number of carbonyl (C=O) groups is 1. The molecule has 0 bridgehead atoms. The number of amides is 1. The van der Waals surface area contributed by atoms with Gasteiger partial charge in [0.1, 0.15) is 0 Å². The summed E-state index contributed by atoms with van der Waals surface area (Å²) in [5.74, 6) is -0.245. The highest BCUT2D eigenvalue weighted by Gasteiger charge is 2.12. The van der Waals surface area contributed by atoms with Crippen LogP contribution in [0, 0.1) is 0 Å². The van der Waals surface area contributed by atoms with Crippen LogP contribution in [0.1, 0.15) is 15.9 Å². The van der Waals surface area contributed by atoms with Crippen molar-refractivity contribution in [2.75, 3.05) is 12.4 Å². The Balaban J connectivity index is 2.19. The molecule has 0 radical (unpaired) electrons. The lowest BCUT2D eigenvalue weighted by Gasteiger charge is -2.09. The summed E-state index contributed by atoms with van der Waals surface area (Å²) in [5.41, 5.74) is 2.13. The second kappa shape index (κ2) is 6.88. The lowest BCUT2D eigenvalue weighted by atomic mass is 10.2. The Morgan fingerprint density at radius 3 is 2.80 bits per heavy atom. The van der Waals surface area contributed by atoms with Crippen molar-refractivity contribution in [1.29, 1.82) is 0 Å². The number of methoxy groups -OCH3 is 1. The van der Waals surface area contributed by atoms with Gasteiger partial charge in [-0.05, 0) is 45.8 Å². The van der Waals surface area contributed by atoms with E-state index in [4.69, 9.17) is 16.3 Å². The SMILES string of the molecule is COCc1cccc(NC(=O)c2cccc(Br)c2Cl)c1. The summed E-state index contributed by atoms with van der Waals surface area (Å²) < 4.78 is 5.76. The fraction of sp³-hybridized carbons (Fsp3) is 0.133. The minimum Gasteiger partial charge on any atom is -0.380 e. The van der Waals surface area contributed by atoms with Gasteiger partial charge in [-0.15, -0.1) is 0 Å². The zero-order chi connectivity index (χ0) is 14.5. The van der Waals surface area contributed by atoms with Crippen molar-refractivity contribution in [1.82, 2.24) is 0 Å². The molecule has 3 nitrogen and oxygen atoms in total. The molecule has 0 heterocycles. The Bertz CT molecular complexity index is 631. The average Bonchev–Trinajstić information content (AvgIpc) is 2.42. The summed E-state index contributed by atoms with van der Waals surface area (Å²) in [5, 5.41) is 3.23. The maximum absolute atomic E-state index is 12.2. The molecule has 5 heteroatoms. The molecule has 0 unspecified atom stereocenters. The molecular weight excluding hydrogens is 342 g/mol. The molecule has 0 saturated heterocycles. The van der Waals surface area contributed by atoms with Gasteiger partial charge < -0.3 is 10.1 Å². The topological polar surface area (TPSA) is 38.3 Å². The third kappa shape index (κ3) is 3.60. The Morgan fingerprint density at radius 2 is 2.05 bits per heavy atom. The number of benzene rings is 2. The molecule has 2 rings (SSSR count). The van der Waals surface area contributed by atoms with Crippen LogP contribution in [-0.4, -0.2) is 13.0 Å². The molecule has 1 amide bonds. The van der Waals surface area contributed by atoms with E-state index < -0.39 is 0 Å². The van der Waals surface area contributed by atoms with Gasteiger partial charge in [0.05, 0.1) is 17.2 Å². The van der Waals surface area contributed by atoms with Crippen LogP contribution in [0.3, 0.4) is 0 Å². The van der Waals surface area contributed by atoms with Crippen LogP contribution in [0.15, 0.2) is 46.9 Å². The van der Waals surface area contributed by atoms with Gasteiger partial charge in [0, 0.05) is 17.3 Å².